The number of aromatic nitrogens is 2. The zero-order valence-electron chi connectivity index (χ0n) is 17.2. The minimum Gasteiger partial charge on any atom is -0.475 e. The van der Waals surface area contributed by atoms with Gasteiger partial charge in [0.05, 0.1) is 18.8 Å². The fraction of sp³-hybridized carbons (Fsp3) is 0.737. The van der Waals surface area contributed by atoms with E-state index in [1.807, 2.05) is 7.05 Å². The first kappa shape index (κ1) is 23.5. The van der Waals surface area contributed by atoms with Crippen molar-refractivity contribution >= 4 is 11.9 Å². The van der Waals surface area contributed by atoms with Crippen LogP contribution in [0.5, 0.6) is 0 Å². The van der Waals surface area contributed by atoms with E-state index in [9.17, 15) is 18.0 Å². The number of fused-ring (bicyclic) bond motifs is 1. The molecule has 0 radical (unpaired) electrons. The average Bonchev–Trinajstić information content (AvgIpc) is 3.44. The van der Waals surface area contributed by atoms with Crippen LogP contribution in [0.25, 0.3) is 0 Å². The molecule has 1 unspecified atom stereocenters. The molecule has 2 N–H and O–H groups in total. The Bertz CT molecular complexity index is 766. The first-order valence-corrected chi connectivity index (χ1v) is 10.2. The minimum absolute atomic E-state index is 0.0295. The Balaban J connectivity index is 0.000000339. The number of carbonyl (C=O) groups excluding carboxylic acids is 1. The summed E-state index contributed by atoms with van der Waals surface area (Å²) in [4.78, 5) is 28.1. The van der Waals surface area contributed by atoms with Crippen molar-refractivity contribution in [2.24, 2.45) is 13.0 Å². The zero-order valence-corrected chi connectivity index (χ0v) is 17.2. The number of aliphatic carboxylic acids is 1. The van der Waals surface area contributed by atoms with E-state index in [0.717, 1.165) is 52.2 Å². The molecule has 4 atom stereocenters. The second kappa shape index (κ2) is 9.96. The van der Waals surface area contributed by atoms with Crippen molar-refractivity contribution in [1.29, 1.82) is 0 Å². The third-order valence-electron chi connectivity index (χ3n) is 5.73. The molecule has 3 saturated heterocycles. The van der Waals surface area contributed by atoms with Gasteiger partial charge in [0.2, 0.25) is 0 Å². The van der Waals surface area contributed by atoms with Crippen molar-refractivity contribution in [3.05, 3.63) is 18.2 Å². The predicted molar refractivity (Wildman–Crippen MR) is 101 cm³/mol. The molecule has 4 heterocycles. The lowest BCUT2D eigenvalue weighted by molar-refractivity contribution is -0.192. The van der Waals surface area contributed by atoms with Gasteiger partial charge < -0.3 is 24.5 Å². The van der Waals surface area contributed by atoms with Gasteiger partial charge in [-0.05, 0) is 25.2 Å². The summed E-state index contributed by atoms with van der Waals surface area (Å²) in [5.74, 6) is -1.82. The van der Waals surface area contributed by atoms with Crippen LogP contribution in [0.1, 0.15) is 29.9 Å². The average molecular weight is 448 g/mol. The summed E-state index contributed by atoms with van der Waals surface area (Å²) < 4.78 is 45.0. The normalized spacial score (nSPS) is 28.5. The molecular weight excluding hydrogens is 421 g/mol. The summed E-state index contributed by atoms with van der Waals surface area (Å²) in [5.41, 5.74) is 0. The second-order valence-corrected chi connectivity index (χ2v) is 7.97. The van der Waals surface area contributed by atoms with Gasteiger partial charge in [0.1, 0.15) is 0 Å². The molecule has 1 amide bonds. The van der Waals surface area contributed by atoms with Crippen LogP contribution in [0.2, 0.25) is 0 Å². The summed E-state index contributed by atoms with van der Waals surface area (Å²) in [6.45, 7) is 4.42. The largest absolute Gasteiger partial charge is 0.490 e. The molecule has 3 aliphatic rings. The lowest BCUT2D eigenvalue weighted by Gasteiger charge is -2.33. The topological polar surface area (TPSA) is 106 Å². The van der Waals surface area contributed by atoms with Crippen molar-refractivity contribution in [3.63, 3.8) is 0 Å². The van der Waals surface area contributed by atoms with Crippen LogP contribution in [-0.2, 0) is 21.3 Å². The summed E-state index contributed by atoms with van der Waals surface area (Å²) in [6.07, 6.45) is 1.82. The van der Waals surface area contributed by atoms with E-state index < -0.39 is 12.1 Å². The number of carboxylic acid groups (broad SMARTS) is 1. The quantitative estimate of drug-likeness (QED) is 0.709. The van der Waals surface area contributed by atoms with E-state index in [0.29, 0.717) is 17.8 Å². The highest BCUT2D eigenvalue weighted by Gasteiger charge is 2.45. The number of hydrogen-bond donors (Lipinski definition) is 2. The second-order valence-electron chi connectivity index (χ2n) is 7.97. The number of carbonyl (C=O) groups is 2. The molecule has 31 heavy (non-hydrogen) atoms. The number of imidazole rings is 1. The first-order chi connectivity index (χ1) is 14.7. The van der Waals surface area contributed by atoms with Gasteiger partial charge in [-0.15, -0.1) is 0 Å². The lowest BCUT2D eigenvalue weighted by Crippen LogP contribution is -2.48. The summed E-state index contributed by atoms with van der Waals surface area (Å²) in [6, 6.07) is 0.438. The van der Waals surface area contributed by atoms with Gasteiger partial charge in [-0.25, -0.2) is 9.78 Å². The maximum Gasteiger partial charge on any atom is 0.490 e. The standard InChI is InChI=1S/C17H26N4O3.C2HF3O2/c1-20-6-5-18-16(20)17(22)19-13-10-21(9-12-4-8-23-11-12)14-3-2-7-24-15(13)14;3-2(4,5)1(6)7/h5-6,12-15H,2-4,7-11H2,1H3,(H,19,22);(H,6,7)/t12?,13-,14-,15-;/m1./s1. The number of nitrogens with one attached hydrogen (secondary N) is 1. The van der Waals surface area contributed by atoms with Crippen LogP contribution in [0.4, 0.5) is 13.2 Å². The molecule has 0 aromatic carbocycles. The number of carboxylic acids is 1. The van der Waals surface area contributed by atoms with E-state index in [2.05, 4.69) is 15.2 Å². The maximum absolute atomic E-state index is 12.5. The number of rotatable bonds is 4. The van der Waals surface area contributed by atoms with Gasteiger partial charge in [-0.3, -0.25) is 9.69 Å². The molecule has 9 nitrogen and oxygen atoms in total. The van der Waals surface area contributed by atoms with Crippen LogP contribution in [0, 0.1) is 5.92 Å². The molecule has 12 heteroatoms. The number of nitrogens with zero attached hydrogens (tertiary/aromatic N) is 3. The molecule has 0 aliphatic carbocycles. The van der Waals surface area contributed by atoms with Crippen LogP contribution >= 0.6 is 0 Å². The van der Waals surface area contributed by atoms with Gasteiger partial charge in [-0.1, -0.05) is 0 Å². The summed E-state index contributed by atoms with van der Waals surface area (Å²) >= 11 is 0. The molecule has 0 saturated carbocycles. The fourth-order valence-electron chi connectivity index (χ4n) is 4.27. The zero-order chi connectivity index (χ0) is 22.6. The number of aryl methyl sites for hydroxylation is 1. The van der Waals surface area contributed by atoms with E-state index in [1.165, 1.54) is 0 Å². The highest BCUT2D eigenvalue weighted by atomic mass is 19.4. The molecule has 1 aromatic rings. The highest BCUT2D eigenvalue weighted by molar-refractivity contribution is 5.91. The van der Waals surface area contributed by atoms with Gasteiger partial charge >= 0.3 is 12.1 Å². The Labute approximate surface area is 177 Å². The Hall–Kier alpha value is -2.18. The fourth-order valence-corrected chi connectivity index (χ4v) is 4.27. The van der Waals surface area contributed by atoms with Crippen molar-refractivity contribution in [2.45, 2.75) is 43.6 Å². The van der Waals surface area contributed by atoms with Crippen molar-refractivity contribution in [2.75, 3.05) is 32.9 Å². The molecule has 3 aliphatic heterocycles. The SMILES string of the molecule is Cn1ccnc1C(=O)N[C@@H]1CN(CC2CCOC2)[C@@H]2CCCO[C@@H]21.O=C(O)C(F)(F)F. The van der Waals surface area contributed by atoms with E-state index in [4.69, 9.17) is 19.4 Å². The first-order valence-electron chi connectivity index (χ1n) is 10.2. The van der Waals surface area contributed by atoms with E-state index in [-0.39, 0.29) is 18.1 Å². The van der Waals surface area contributed by atoms with Crippen molar-refractivity contribution in [3.8, 4) is 0 Å². The van der Waals surface area contributed by atoms with E-state index in [1.54, 1.807) is 17.0 Å². The third kappa shape index (κ3) is 5.95. The Morgan fingerprint density at radius 3 is 2.65 bits per heavy atom. The smallest absolute Gasteiger partial charge is 0.475 e. The van der Waals surface area contributed by atoms with Crippen LogP contribution in [0.15, 0.2) is 12.4 Å². The molecule has 174 valence electrons. The number of halogens is 3. The van der Waals surface area contributed by atoms with Gasteiger partial charge in [0.15, 0.2) is 5.82 Å². The Morgan fingerprint density at radius 1 is 1.32 bits per heavy atom. The highest BCUT2D eigenvalue weighted by Crippen LogP contribution is 2.31. The monoisotopic (exact) mass is 448 g/mol. The minimum atomic E-state index is -5.08. The Morgan fingerprint density at radius 2 is 2.06 bits per heavy atom. The van der Waals surface area contributed by atoms with Gasteiger partial charge in [0.25, 0.3) is 5.91 Å². The van der Waals surface area contributed by atoms with Gasteiger partial charge in [-0.2, -0.15) is 13.2 Å². The van der Waals surface area contributed by atoms with Crippen LogP contribution in [0.3, 0.4) is 0 Å². The lowest BCUT2D eigenvalue weighted by atomic mass is 10.00. The van der Waals surface area contributed by atoms with Crippen LogP contribution in [-0.4, -0.2) is 88.7 Å². The number of hydrogen-bond acceptors (Lipinski definition) is 6. The predicted octanol–water partition coefficient (Wildman–Crippen LogP) is 1.05. The third-order valence-corrected chi connectivity index (χ3v) is 5.73. The number of alkyl halides is 3. The number of amides is 1. The molecule has 0 bridgehead atoms. The number of likely N-dealkylation sites (tertiary alicyclic amines) is 1. The summed E-state index contributed by atoms with van der Waals surface area (Å²) in [5, 5.41) is 10.3. The molecular formula is C19H27F3N4O5. The van der Waals surface area contributed by atoms with Gasteiger partial charge in [0, 0.05) is 51.8 Å². The van der Waals surface area contributed by atoms with Crippen molar-refractivity contribution < 1.29 is 37.3 Å². The molecule has 3 fully saturated rings. The van der Waals surface area contributed by atoms with Crippen LogP contribution < -0.4 is 5.32 Å². The Kier molecular flexibility index (Phi) is 7.55. The molecule has 4 rings (SSSR count). The maximum atomic E-state index is 12.5. The number of ether oxygens (including phenoxy) is 2. The summed E-state index contributed by atoms with van der Waals surface area (Å²) in [7, 11) is 1.84. The van der Waals surface area contributed by atoms with E-state index >= 15 is 0 Å². The molecule has 1 aromatic heterocycles. The van der Waals surface area contributed by atoms with Crippen molar-refractivity contribution in [1.82, 2.24) is 19.8 Å². The molecule has 0 spiro atoms.